The Labute approximate surface area is 105 Å². The molecule has 0 bridgehead atoms. The van der Waals surface area contributed by atoms with Gasteiger partial charge in [-0.2, -0.15) is 0 Å². The van der Waals surface area contributed by atoms with E-state index in [4.69, 9.17) is 11.2 Å². The lowest BCUT2D eigenvalue weighted by atomic mass is 9.55. The minimum Gasteiger partial charge on any atom is -0.378 e. The molecule has 2 aliphatic carbocycles. The predicted octanol–water partition coefficient (Wildman–Crippen LogP) is 2.73. The molecule has 0 aliphatic heterocycles. The Balaban J connectivity index is 1.91. The van der Waals surface area contributed by atoms with Gasteiger partial charge in [0.2, 0.25) is 0 Å². The number of hydrogen-bond donors (Lipinski definition) is 1. The first-order chi connectivity index (χ1) is 8.33. The van der Waals surface area contributed by atoms with Gasteiger partial charge in [-0.05, 0) is 26.2 Å². The maximum absolute atomic E-state index is 5.93. The van der Waals surface area contributed by atoms with Crippen LogP contribution in [0.5, 0.6) is 0 Å². The minimum absolute atomic E-state index is 0.433. The molecule has 2 heteroatoms. The normalized spacial score (nSPS) is 30.8. The van der Waals surface area contributed by atoms with Crippen LogP contribution in [0.3, 0.4) is 0 Å². The monoisotopic (exact) mass is 235 g/mol. The number of hydrogen-bond acceptors (Lipinski definition) is 2. The van der Waals surface area contributed by atoms with Crippen molar-refractivity contribution in [1.29, 1.82) is 0 Å². The summed E-state index contributed by atoms with van der Waals surface area (Å²) in [6, 6.07) is 0.646. The summed E-state index contributed by atoms with van der Waals surface area (Å²) in [5, 5.41) is 3.65. The Hall–Kier alpha value is -0.520. The molecule has 0 radical (unpaired) electrons. The summed E-state index contributed by atoms with van der Waals surface area (Å²) in [7, 11) is 0. The van der Waals surface area contributed by atoms with Crippen molar-refractivity contribution in [2.75, 3.05) is 13.2 Å². The third-order valence-electron chi connectivity index (χ3n) is 4.60. The van der Waals surface area contributed by atoms with Gasteiger partial charge in [0.05, 0.1) is 6.10 Å². The van der Waals surface area contributed by atoms with Gasteiger partial charge in [-0.1, -0.05) is 19.3 Å². The van der Waals surface area contributed by atoms with Gasteiger partial charge in [0.1, 0.15) is 0 Å². The first-order valence-electron chi connectivity index (χ1n) is 7.12. The molecule has 0 saturated heterocycles. The van der Waals surface area contributed by atoms with Crippen molar-refractivity contribution >= 4 is 0 Å². The molecule has 2 fully saturated rings. The fourth-order valence-corrected chi connectivity index (χ4v) is 3.67. The topological polar surface area (TPSA) is 21.3 Å². The van der Waals surface area contributed by atoms with E-state index in [0.29, 0.717) is 17.6 Å². The van der Waals surface area contributed by atoms with E-state index < -0.39 is 0 Å². The zero-order chi connectivity index (χ0) is 12.1. The van der Waals surface area contributed by atoms with Crippen molar-refractivity contribution in [2.24, 2.45) is 5.41 Å². The van der Waals surface area contributed by atoms with Gasteiger partial charge >= 0.3 is 0 Å². The maximum atomic E-state index is 5.93. The second-order valence-electron chi connectivity index (χ2n) is 5.43. The molecular formula is C15H25NO. The zero-order valence-electron chi connectivity index (χ0n) is 11.0. The number of ether oxygens (including phenoxy) is 1. The zero-order valence-corrected chi connectivity index (χ0v) is 11.0. The van der Waals surface area contributed by atoms with E-state index in [0.717, 1.165) is 19.6 Å². The van der Waals surface area contributed by atoms with Gasteiger partial charge in [0, 0.05) is 31.0 Å². The highest BCUT2D eigenvalue weighted by molar-refractivity contribution is 5.09. The Bertz CT molecular complexity index is 275. The molecule has 2 nitrogen and oxygen atoms in total. The van der Waals surface area contributed by atoms with E-state index in [-0.39, 0.29) is 0 Å². The van der Waals surface area contributed by atoms with Crippen LogP contribution in [-0.2, 0) is 4.74 Å². The minimum atomic E-state index is 0.433. The van der Waals surface area contributed by atoms with E-state index in [2.05, 4.69) is 18.2 Å². The molecule has 96 valence electrons. The number of rotatable bonds is 5. The average Bonchev–Trinajstić information content (AvgIpc) is 2.38. The molecule has 2 saturated carbocycles. The molecule has 0 heterocycles. The molecule has 2 rings (SSSR count). The Kier molecular flexibility index (Phi) is 4.48. The smallest absolute Gasteiger partial charge is 0.0661 e. The summed E-state index contributed by atoms with van der Waals surface area (Å²) in [6.45, 7) is 3.92. The third kappa shape index (κ3) is 2.51. The van der Waals surface area contributed by atoms with E-state index in [1.54, 1.807) is 0 Å². The Morgan fingerprint density at radius 1 is 1.35 bits per heavy atom. The summed E-state index contributed by atoms with van der Waals surface area (Å²) < 4.78 is 5.93. The predicted molar refractivity (Wildman–Crippen MR) is 70.8 cm³/mol. The largest absolute Gasteiger partial charge is 0.378 e. The first-order valence-corrected chi connectivity index (χ1v) is 7.12. The molecule has 2 unspecified atom stereocenters. The van der Waals surface area contributed by atoms with Crippen LogP contribution in [0.25, 0.3) is 0 Å². The summed E-state index contributed by atoms with van der Waals surface area (Å²) in [5.74, 6) is 2.71. The fourth-order valence-electron chi connectivity index (χ4n) is 3.67. The van der Waals surface area contributed by atoms with E-state index in [9.17, 15) is 0 Å². The SMILES string of the molecule is C#CCCNC1CC(OCC)C12CCCCC2. The van der Waals surface area contributed by atoms with Crippen LogP contribution in [0, 0.1) is 17.8 Å². The highest BCUT2D eigenvalue weighted by atomic mass is 16.5. The molecule has 0 aromatic heterocycles. The van der Waals surface area contributed by atoms with Crippen LogP contribution >= 0.6 is 0 Å². The standard InChI is InChI=1S/C15H25NO/c1-3-5-11-16-13-12-14(17-4-2)15(13)9-7-6-8-10-15/h1,13-14,16H,4-12H2,2H3. The maximum Gasteiger partial charge on any atom is 0.0661 e. The molecule has 2 atom stereocenters. The molecule has 0 aromatic rings. The van der Waals surface area contributed by atoms with Crippen LogP contribution in [0.15, 0.2) is 0 Å². The summed E-state index contributed by atoms with van der Waals surface area (Å²) >= 11 is 0. The van der Waals surface area contributed by atoms with E-state index in [1.807, 2.05) is 0 Å². The molecule has 1 N–H and O–H groups in total. The Morgan fingerprint density at radius 2 is 2.12 bits per heavy atom. The first kappa shape index (κ1) is 12.9. The van der Waals surface area contributed by atoms with Gasteiger partial charge in [-0.3, -0.25) is 0 Å². The molecular weight excluding hydrogens is 210 g/mol. The molecule has 17 heavy (non-hydrogen) atoms. The molecule has 2 aliphatic rings. The van der Waals surface area contributed by atoms with E-state index in [1.165, 1.54) is 38.5 Å². The quantitative estimate of drug-likeness (QED) is 0.584. The van der Waals surface area contributed by atoms with Crippen LogP contribution < -0.4 is 5.32 Å². The van der Waals surface area contributed by atoms with Crippen LogP contribution in [0.2, 0.25) is 0 Å². The van der Waals surface area contributed by atoms with Gasteiger partial charge in [-0.15, -0.1) is 12.3 Å². The lowest BCUT2D eigenvalue weighted by Gasteiger charge is -2.58. The summed E-state index contributed by atoms with van der Waals surface area (Å²) in [5.41, 5.74) is 0.433. The second-order valence-corrected chi connectivity index (χ2v) is 5.43. The van der Waals surface area contributed by atoms with E-state index >= 15 is 0 Å². The molecule has 0 aromatic carbocycles. The molecule has 1 spiro atoms. The summed E-state index contributed by atoms with van der Waals surface area (Å²) in [6.07, 6.45) is 14.6. The van der Waals surface area contributed by atoms with Gasteiger partial charge < -0.3 is 10.1 Å². The van der Waals surface area contributed by atoms with Crippen molar-refractivity contribution in [3.63, 3.8) is 0 Å². The number of nitrogens with one attached hydrogen (secondary N) is 1. The highest BCUT2D eigenvalue weighted by Crippen LogP contribution is 2.53. The Morgan fingerprint density at radius 3 is 2.76 bits per heavy atom. The van der Waals surface area contributed by atoms with Gasteiger partial charge in [0.15, 0.2) is 0 Å². The van der Waals surface area contributed by atoms with Crippen molar-refractivity contribution < 1.29 is 4.74 Å². The van der Waals surface area contributed by atoms with Crippen LogP contribution in [0.1, 0.15) is 51.9 Å². The third-order valence-corrected chi connectivity index (χ3v) is 4.60. The highest BCUT2D eigenvalue weighted by Gasteiger charge is 2.55. The average molecular weight is 235 g/mol. The lowest BCUT2D eigenvalue weighted by Crippen LogP contribution is -2.64. The van der Waals surface area contributed by atoms with Crippen molar-refractivity contribution in [3.8, 4) is 12.3 Å². The van der Waals surface area contributed by atoms with Gasteiger partial charge in [0.25, 0.3) is 0 Å². The second kappa shape index (κ2) is 5.89. The number of terminal acetylenes is 1. The van der Waals surface area contributed by atoms with Crippen molar-refractivity contribution in [3.05, 3.63) is 0 Å². The van der Waals surface area contributed by atoms with Crippen molar-refractivity contribution in [1.82, 2.24) is 5.32 Å². The van der Waals surface area contributed by atoms with Crippen LogP contribution in [-0.4, -0.2) is 25.3 Å². The lowest BCUT2D eigenvalue weighted by molar-refractivity contribution is -0.149. The van der Waals surface area contributed by atoms with Gasteiger partial charge in [-0.25, -0.2) is 0 Å². The fraction of sp³-hybridized carbons (Fsp3) is 0.867. The van der Waals surface area contributed by atoms with Crippen molar-refractivity contribution in [2.45, 2.75) is 64.0 Å². The van der Waals surface area contributed by atoms with Crippen LogP contribution in [0.4, 0.5) is 0 Å². The molecule has 0 amide bonds. The summed E-state index contributed by atoms with van der Waals surface area (Å²) in [4.78, 5) is 0.